The Labute approximate surface area is 80.4 Å². The molecule has 3 heteroatoms. The summed E-state index contributed by atoms with van der Waals surface area (Å²) in [5.41, 5.74) is 0.323. The molecule has 0 fully saturated rings. The van der Waals surface area contributed by atoms with E-state index in [-0.39, 0.29) is 6.61 Å². The quantitative estimate of drug-likeness (QED) is 0.450. The van der Waals surface area contributed by atoms with Gasteiger partial charge in [0, 0.05) is 6.61 Å². The van der Waals surface area contributed by atoms with E-state index in [4.69, 9.17) is 9.47 Å². The van der Waals surface area contributed by atoms with Gasteiger partial charge in [0.25, 0.3) is 0 Å². The maximum atomic E-state index is 9.86. The van der Waals surface area contributed by atoms with Gasteiger partial charge in [-0.1, -0.05) is 20.8 Å². The van der Waals surface area contributed by atoms with E-state index in [0.717, 1.165) is 19.3 Å². The molecule has 0 atom stereocenters. The summed E-state index contributed by atoms with van der Waals surface area (Å²) < 4.78 is 10.2. The molecule has 0 aliphatic heterocycles. The molecule has 0 aliphatic carbocycles. The van der Waals surface area contributed by atoms with E-state index in [2.05, 4.69) is 20.8 Å². The van der Waals surface area contributed by atoms with Gasteiger partial charge >= 0.3 is 0 Å². The molecule has 13 heavy (non-hydrogen) atoms. The van der Waals surface area contributed by atoms with E-state index >= 15 is 0 Å². The van der Waals surface area contributed by atoms with E-state index in [1.165, 1.54) is 0 Å². The molecule has 0 unspecified atom stereocenters. The lowest BCUT2D eigenvalue weighted by Crippen LogP contribution is -2.12. The van der Waals surface area contributed by atoms with Crippen molar-refractivity contribution in [2.45, 2.75) is 27.2 Å². The molecule has 0 saturated carbocycles. The highest BCUT2D eigenvalue weighted by atomic mass is 16.5. The second-order valence-corrected chi connectivity index (χ2v) is 4.16. The van der Waals surface area contributed by atoms with Crippen LogP contribution in [-0.4, -0.2) is 32.7 Å². The zero-order chi connectivity index (χ0) is 10.2. The maximum absolute atomic E-state index is 9.86. The second-order valence-electron chi connectivity index (χ2n) is 4.16. The van der Waals surface area contributed by atoms with Crippen LogP contribution in [0, 0.1) is 5.41 Å². The molecular weight excluding hydrogens is 168 g/mol. The van der Waals surface area contributed by atoms with Gasteiger partial charge in [-0.2, -0.15) is 0 Å². The highest BCUT2D eigenvalue weighted by Gasteiger charge is 2.08. The molecule has 0 saturated heterocycles. The summed E-state index contributed by atoms with van der Waals surface area (Å²) in [6, 6.07) is 0. The van der Waals surface area contributed by atoms with Gasteiger partial charge in [-0.3, -0.25) is 0 Å². The van der Waals surface area contributed by atoms with Crippen molar-refractivity contribution in [1.82, 2.24) is 0 Å². The largest absolute Gasteiger partial charge is 0.379 e. The monoisotopic (exact) mass is 188 g/mol. The van der Waals surface area contributed by atoms with Gasteiger partial charge < -0.3 is 14.3 Å². The van der Waals surface area contributed by atoms with Gasteiger partial charge in [0.05, 0.1) is 13.2 Å². The molecule has 0 N–H and O–H groups in total. The van der Waals surface area contributed by atoms with Crippen LogP contribution in [0.1, 0.15) is 27.2 Å². The molecule has 0 rings (SSSR count). The SMILES string of the molecule is CC(C)(C)CCOCCOCC=O. The van der Waals surface area contributed by atoms with Crippen molar-refractivity contribution in [3.8, 4) is 0 Å². The van der Waals surface area contributed by atoms with Crippen LogP contribution < -0.4 is 0 Å². The minimum atomic E-state index is 0.169. The van der Waals surface area contributed by atoms with Crippen LogP contribution in [0.4, 0.5) is 0 Å². The average molecular weight is 188 g/mol. The third-order valence-corrected chi connectivity index (χ3v) is 1.55. The third kappa shape index (κ3) is 11.6. The van der Waals surface area contributed by atoms with Gasteiger partial charge in [0.2, 0.25) is 0 Å². The summed E-state index contributed by atoms with van der Waals surface area (Å²) in [7, 11) is 0. The molecule has 0 aliphatic rings. The first-order chi connectivity index (χ1) is 6.06. The van der Waals surface area contributed by atoms with Crippen molar-refractivity contribution in [3.63, 3.8) is 0 Å². The number of rotatable bonds is 7. The Kier molecular flexibility index (Phi) is 6.82. The standard InChI is InChI=1S/C10H20O3/c1-10(2,3)4-6-12-8-9-13-7-5-11/h5H,4,6-9H2,1-3H3. The Balaban J connectivity index is 3.04. The molecule has 0 aromatic heterocycles. The van der Waals surface area contributed by atoms with Crippen LogP contribution in [0.25, 0.3) is 0 Å². The zero-order valence-electron chi connectivity index (χ0n) is 8.84. The van der Waals surface area contributed by atoms with Crippen molar-refractivity contribution in [2.75, 3.05) is 26.4 Å². The number of hydrogen-bond donors (Lipinski definition) is 0. The van der Waals surface area contributed by atoms with Crippen LogP contribution in [-0.2, 0) is 14.3 Å². The molecule has 0 amide bonds. The summed E-state index contributed by atoms with van der Waals surface area (Å²) in [6.45, 7) is 8.54. The van der Waals surface area contributed by atoms with Gasteiger partial charge in [0.1, 0.15) is 12.9 Å². The van der Waals surface area contributed by atoms with E-state index in [1.54, 1.807) is 0 Å². The summed E-state index contributed by atoms with van der Waals surface area (Å²) in [6.07, 6.45) is 1.79. The number of carbonyl (C=O) groups excluding carboxylic acids is 1. The number of aldehydes is 1. The average Bonchev–Trinajstić information content (AvgIpc) is 2.01. The van der Waals surface area contributed by atoms with E-state index < -0.39 is 0 Å². The minimum absolute atomic E-state index is 0.169. The molecule has 0 aromatic carbocycles. The number of hydrogen-bond acceptors (Lipinski definition) is 3. The topological polar surface area (TPSA) is 35.5 Å². The summed E-state index contributed by atoms with van der Waals surface area (Å²) >= 11 is 0. The van der Waals surface area contributed by atoms with Crippen LogP contribution in [0.5, 0.6) is 0 Å². The van der Waals surface area contributed by atoms with Crippen molar-refractivity contribution < 1.29 is 14.3 Å². The Morgan fingerprint density at radius 1 is 1.08 bits per heavy atom. The summed E-state index contributed by atoms with van der Waals surface area (Å²) in [4.78, 5) is 9.86. The summed E-state index contributed by atoms with van der Waals surface area (Å²) in [5.74, 6) is 0. The Hall–Kier alpha value is -0.410. The smallest absolute Gasteiger partial charge is 0.145 e. The van der Waals surface area contributed by atoms with Crippen LogP contribution >= 0.6 is 0 Å². The van der Waals surface area contributed by atoms with Crippen LogP contribution in [0.3, 0.4) is 0 Å². The minimum Gasteiger partial charge on any atom is -0.379 e. The fourth-order valence-electron chi connectivity index (χ4n) is 0.730. The number of carbonyl (C=O) groups is 1. The van der Waals surface area contributed by atoms with Crippen LogP contribution in [0.2, 0.25) is 0 Å². The zero-order valence-corrected chi connectivity index (χ0v) is 8.84. The molecule has 3 nitrogen and oxygen atoms in total. The predicted molar refractivity (Wildman–Crippen MR) is 51.8 cm³/mol. The molecule has 0 radical (unpaired) electrons. The second kappa shape index (κ2) is 7.04. The number of ether oxygens (including phenoxy) is 2. The van der Waals surface area contributed by atoms with Gasteiger partial charge in [-0.05, 0) is 11.8 Å². The van der Waals surface area contributed by atoms with E-state index in [0.29, 0.717) is 18.6 Å². The Morgan fingerprint density at radius 3 is 2.23 bits per heavy atom. The van der Waals surface area contributed by atoms with Crippen molar-refractivity contribution in [3.05, 3.63) is 0 Å². The third-order valence-electron chi connectivity index (χ3n) is 1.55. The van der Waals surface area contributed by atoms with Crippen molar-refractivity contribution in [1.29, 1.82) is 0 Å². The highest BCUT2D eigenvalue weighted by Crippen LogP contribution is 2.17. The Bertz CT molecular complexity index is 127. The van der Waals surface area contributed by atoms with Crippen molar-refractivity contribution in [2.24, 2.45) is 5.41 Å². The fourth-order valence-corrected chi connectivity index (χ4v) is 0.730. The molecule has 0 bridgehead atoms. The lowest BCUT2D eigenvalue weighted by Gasteiger charge is -2.17. The summed E-state index contributed by atoms with van der Waals surface area (Å²) in [5, 5.41) is 0. The van der Waals surface area contributed by atoms with Gasteiger partial charge in [0.15, 0.2) is 0 Å². The lowest BCUT2D eigenvalue weighted by atomic mass is 9.93. The van der Waals surface area contributed by atoms with Gasteiger partial charge in [-0.15, -0.1) is 0 Å². The predicted octanol–water partition coefficient (Wildman–Crippen LogP) is 1.65. The molecular formula is C10H20O3. The first-order valence-electron chi connectivity index (χ1n) is 4.65. The normalized spacial score (nSPS) is 11.6. The lowest BCUT2D eigenvalue weighted by molar-refractivity contribution is -0.112. The van der Waals surface area contributed by atoms with E-state index in [1.807, 2.05) is 0 Å². The van der Waals surface area contributed by atoms with Crippen molar-refractivity contribution >= 4 is 6.29 Å². The molecule has 78 valence electrons. The van der Waals surface area contributed by atoms with Gasteiger partial charge in [-0.25, -0.2) is 0 Å². The highest BCUT2D eigenvalue weighted by molar-refractivity contribution is 5.50. The fraction of sp³-hybridized carbons (Fsp3) is 0.900. The first-order valence-corrected chi connectivity index (χ1v) is 4.65. The molecule has 0 aromatic rings. The maximum Gasteiger partial charge on any atom is 0.145 e. The van der Waals surface area contributed by atoms with E-state index in [9.17, 15) is 4.79 Å². The van der Waals surface area contributed by atoms with Crippen LogP contribution in [0.15, 0.2) is 0 Å². The molecule has 0 heterocycles. The molecule has 0 spiro atoms. The Morgan fingerprint density at radius 2 is 1.69 bits per heavy atom. The first kappa shape index (κ1) is 12.6.